The first-order chi connectivity index (χ1) is 14.2. The topological polar surface area (TPSA) is 80.9 Å². The summed E-state index contributed by atoms with van der Waals surface area (Å²) < 4.78 is 48.9. The Morgan fingerprint density at radius 2 is 1.77 bits per heavy atom. The molecule has 0 radical (unpaired) electrons. The highest BCUT2D eigenvalue weighted by Crippen LogP contribution is 2.34. The van der Waals surface area contributed by atoms with Crippen LogP contribution in [-0.4, -0.2) is 25.8 Å². The molecule has 0 saturated heterocycles. The Hall–Kier alpha value is -2.94. The van der Waals surface area contributed by atoms with Crippen molar-refractivity contribution in [3.63, 3.8) is 0 Å². The van der Waals surface area contributed by atoms with E-state index in [2.05, 4.69) is 15.6 Å². The van der Waals surface area contributed by atoms with Crippen molar-refractivity contribution in [2.45, 2.75) is 26.6 Å². The van der Waals surface area contributed by atoms with Gasteiger partial charge in [-0.1, -0.05) is 26.0 Å². The lowest BCUT2D eigenvalue weighted by atomic mass is 9.94. The lowest BCUT2D eigenvalue weighted by Crippen LogP contribution is -2.41. The van der Waals surface area contributed by atoms with Crippen LogP contribution >= 0.6 is 0 Å². The molecule has 0 aliphatic carbocycles. The number of hydrogen-bond acceptors (Lipinski definition) is 4. The first-order valence-electron chi connectivity index (χ1n) is 9.47. The third kappa shape index (κ3) is 5.79. The number of aliphatic imine (C=N–C) groups is 1. The van der Waals surface area contributed by atoms with E-state index in [1.54, 1.807) is 12.1 Å². The van der Waals surface area contributed by atoms with Crippen LogP contribution in [0.4, 0.5) is 18.9 Å². The van der Waals surface area contributed by atoms with E-state index < -0.39 is 11.7 Å². The van der Waals surface area contributed by atoms with Gasteiger partial charge in [-0.05, 0) is 41.8 Å². The van der Waals surface area contributed by atoms with Gasteiger partial charge in [0, 0.05) is 18.3 Å². The van der Waals surface area contributed by atoms with E-state index in [-0.39, 0.29) is 18.8 Å². The Morgan fingerprint density at radius 1 is 1.07 bits per heavy atom. The molecule has 162 valence electrons. The Bertz CT molecular complexity index is 896. The molecule has 9 heteroatoms. The van der Waals surface area contributed by atoms with Crippen LogP contribution in [0.5, 0.6) is 11.5 Å². The molecule has 1 aliphatic rings. The Morgan fingerprint density at radius 3 is 2.43 bits per heavy atom. The number of alkyl halides is 3. The first kappa shape index (κ1) is 21.8. The van der Waals surface area contributed by atoms with Crippen LogP contribution in [0.3, 0.4) is 0 Å². The Labute approximate surface area is 173 Å². The Balaban J connectivity index is 1.74. The molecule has 30 heavy (non-hydrogen) atoms. The highest BCUT2D eigenvalue weighted by Gasteiger charge is 2.29. The molecular formula is C21H25F3N4O2. The van der Waals surface area contributed by atoms with E-state index in [9.17, 15) is 13.2 Å². The summed E-state index contributed by atoms with van der Waals surface area (Å²) in [5.41, 5.74) is 6.35. The summed E-state index contributed by atoms with van der Waals surface area (Å²) in [5.74, 6) is 1.78. The molecular weight excluding hydrogens is 397 g/mol. The summed E-state index contributed by atoms with van der Waals surface area (Å²) in [4.78, 5) is 4.51. The number of nitrogens with zero attached hydrogens (tertiary/aromatic N) is 1. The Kier molecular flexibility index (Phi) is 6.40. The van der Waals surface area contributed by atoms with Crippen LogP contribution in [-0.2, 0) is 12.7 Å². The summed E-state index contributed by atoms with van der Waals surface area (Å²) in [7, 11) is 0. The predicted molar refractivity (Wildman–Crippen MR) is 110 cm³/mol. The van der Waals surface area contributed by atoms with Crippen LogP contribution in [0.1, 0.15) is 25.0 Å². The minimum absolute atomic E-state index is 0.161. The molecule has 0 fully saturated rings. The number of benzene rings is 2. The summed E-state index contributed by atoms with van der Waals surface area (Å²) in [6.07, 6.45) is -4.36. The van der Waals surface area contributed by atoms with Gasteiger partial charge in [0.1, 0.15) is 0 Å². The zero-order valence-electron chi connectivity index (χ0n) is 16.8. The number of fused-ring (bicyclic) bond motifs is 1. The van der Waals surface area contributed by atoms with Gasteiger partial charge < -0.3 is 25.8 Å². The molecule has 0 atom stereocenters. The summed E-state index contributed by atoms with van der Waals surface area (Å²) in [6, 6.07) is 10.4. The molecule has 0 saturated carbocycles. The molecule has 0 spiro atoms. The lowest BCUT2D eigenvalue weighted by molar-refractivity contribution is -0.137. The highest BCUT2D eigenvalue weighted by atomic mass is 19.4. The van der Waals surface area contributed by atoms with Crippen LogP contribution in [0.15, 0.2) is 47.5 Å². The maximum absolute atomic E-state index is 12.7. The molecule has 2 aromatic carbocycles. The summed E-state index contributed by atoms with van der Waals surface area (Å²) in [5, 5.41) is 6.43. The fourth-order valence-electron chi connectivity index (χ4n) is 2.62. The smallest absolute Gasteiger partial charge is 0.416 e. The van der Waals surface area contributed by atoms with Gasteiger partial charge in [0.25, 0.3) is 0 Å². The second-order valence-corrected chi connectivity index (χ2v) is 7.77. The van der Waals surface area contributed by atoms with Crippen molar-refractivity contribution in [3.05, 3.63) is 53.6 Å². The molecule has 6 nitrogen and oxygen atoms in total. The average molecular weight is 422 g/mol. The van der Waals surface area contributed by atoms with Gasteiger partial charge in [-0.3, -0.25) is 0 Å². The standard InChI is InChI=1S/C21H25F3N4O2/c1-20(2,11-25)12-27-19(28-16-7-8-17-18(9-16)30-13-29-17)26-10-14-3-5-15(6-4-14)21(22,23)24/h3-9H,10-13,25H2,1-2H3,(H2,26,27,28). The SMILES string of the molecule is CC(C)(CN)CNC(=NCc1ccc(C(F)(F)F)cc1)Nc1ccc2c(c1)OCO2. The number of hydrogen-bond donors (Lipinski definition) is 3. The van der Waals surface area contributed by atoms with Crippen molar-refractivity contribution in [2.75, 3.05) is 25.2 Å². The number of halogens is 3. The first-order valence-corrected chi connectivity index (χ1v) is 9.47. The van der Waals surface area contributed by atoms with Gasteiger partial charge in [0.15, 0.2) is 17.5 Å². The van der Waals surface area contributed by atoms with Crippen LogP contribution in [0, 0.1) is 5.41 Å². The third-order valence-corrected chi connectivity index (χ3v) is 4.62. The third-order valence-electron chi connectivity index (χ3n) is 4.62. The quantitative estimate of drug-likeness (QED) is 0.485. The van der Waals surface area contributed by atoms with E-state index in [1.807, 2.05) is 19.9 Å². The zero-order valence-corrected chi connectivity index (χ0v) is 16.8. The molecule has 3 rings (SSSR count). The summed E-state index contributed by atoms with van der Waals surface area (Å²) >= 11 is 0. The van der Waals surface area contributed by atoms with Crippen molar-refractivity contribution in [3.8, 4) is 11.5 Å². The lowest BCUT2D eigenvalue weighted by Gasteiger charge is -2.24. The number of nitrogens with two attached hydrogens (primary N) is 1. The van der Waals surface area contributed by atoms with Gasteiger partial charge in [0.2, 0.25) is 6.79 Å². The van der Waals surface area contributed by atoms with E-state index in [0.29, 0.717) is 36.1 Å². The normalized spacial score (nSPS) is 14.0. The minimum Gasteiger partial charge on any atom is -0.454 e. The molecule has 0 unspecified atom stereocenters. The molecule has 0 bridgehead atoms. The van der Waals surface area contributed by atoms with E-state index in [4.69, 9.17) is 15.2 Å². The maximum Gasteiger partial charge on any atom is 0.416 e. The average Bonchev–Trinajstić information content (AvgIpc) is 3.17. The van der Waals surface area contributed by atoms with Crippen molar-refractivity contribution >= 4 is 11.6 Å². The van der Waals surface area contributed by atoms with Crippen molar-refractivity contribution < 1.29 is 22.6 Å². The molecule has 2 aromatic rings. The van der Waals surface area contributed by atoms with E-state index in [1.165, 1.54) is 12.1 Å². The molecule has 0 aromatic heterocycles. The second kappa shape index (κ2) is 8.83. The molecule has 4 N–H and O–H groups in total. The summed E-state index contributed by atoms with van der Waals surface area (Å²) in [6.45, 7) is 5.48. The molecule has 0 amide bonds. The largest absolute Gasteiger partial charge is 0.454 e. The van der Waals surface area contributed by atoms with Gasteiger partial charge in [-0.2, -0.15) is 13.2 Å². The number of nitrogens with one attached hydrogen (secondary N) is 2. The van der Waals surface area contributed by atoms with Gasteiger partial charge in [-0.25, -0.2) is 4.99 Å². The van der Waals surface area contributed by atoms with Crippen molar-refractivity contribution in [1.82, 2.24) is 5.32 Å². The molecule has 1 aliphatic heterocycles. The van der Waals surface area contributed by atoms with E-state index >= 15 is 0 Å². The van der Waals surface area contributed by atoms with Gasteiger partial charge >= 0.3 is 6.18 Å². The fourth-order valence-corrected chi connectivity index (χ4v) is 2.62. The van der Waals surface area contributed by atoms with Gasteiger partial charge in [0.05, 0.1) is 12.1 Å². The van der Waals surface area contributed by atoms with E-state index in [0.717, 1.165) is 17.8 Å². The zero-order chi connectivity index (χ0) is 21.8. The minimum atomic E-state index is -4.36. The number of rotatable bonds is 6. The maximum atomic E-state index is 12.7. The van der Waals surface area contributed by atoms with Crippen molar-refractivity contribution in [2.24, 2.45) is 16.1 Å². The number of anilines is 1. The number of guanidine groups is 1. The number of ether oxygens (including phenoxy) is 2. The van der Waals surface area contributed by atoms with Gasteiger partial charge in [-0.15, -0.1) is 0 Å². The predicted octanol–water partition coefficient (Wildman–Crippen LogP) is 3.98. The second-order valence-electron chi connectivity index (χ2n) is 7.77. The van der Waals surface area contributed by atoms with Crippen molar-refractivity contribution in [1.29, 1.82) is 0 Å². The fraction of sp³-hybridized carbons (Fsp3) is 0.381. The van der Waals surface area contributed by atoms with Crippen LogP contribution in [0.2, 0.25) is 0 Å². The van der Waals surface area contributed by atoms with Crippen LogP contribution in [0.25, 0.3) is 0 Å². The highest BCUT2D eigenvalue weighted by molar-refractivity contribution is 5.94. The molecule has 1 heterocycles. The monoisotopic (exact) mass is 422 g/mol. The van der Waals surface area contributed by atoms with Crippen LogP contribution < -0.4 is 25.8 Å².